The number of rotatable bonds is 3. The summed E-state index contributed by atoms with van der Waals surface area (Å²) in [5, 5.41) is 0. The molecule has 0 fully saturated rings. The fourth-order valence-electron chi connectivity index (χ4n) is 1.10. The van der Waals surface area contributed by atoms with Crippen molar-refractivity contribution in [3.05, 3.63) is 35.4 Å². The molecule has 3 nitrogen and oxygen atoms in total. The number of esters is 1. The number of hydrogen-bond donors (Lipinski definition) is 0. The summed E-state index contributed by atoms with van der Waals surface area (Å²) in [5.74, 6) is 1.77. The lowest BCUT2D eigenvalue weighted by Gasteiger charge is -2.07. The Hall–Kier alpha value is -2.08. The first kappa shape index (κ1) is 12.0. The fraction of sp³-hybridized carbons (Fsp3) is 0.231. The summed E-state index contributed by atoms with van der Waals surface area (Å²) in [6.07, 6.45) is 4.53. The monoisotopic (exact) mass is 216 g/mol. The third-order valence-electron chi connectivity index (χ3n) is 2.05. The van der Waals surface area contributed by atoms with E-state index in [4.69, 9.17) is 11.2 Å². The van der Waals surface area contributed by atoms with Crippen molar-refractivity contribution in [2.45, 2.75) is 20.0 Å². The number of Topliss-reactive ketones (excluding diaryl/α,β-unsaturated/α-hetero) is 1. The van der Waals surface area contributed by atoms with Gasteiger partial charge in [0.05, 0.1) is 5.56 Å². The van der Waals surface area contributed by atoms with E-state index in [9.17, 15) is 9.59 Å². The molecule has 1 aromatic carbocycles. The number of terminal acetylenes is 1. The molecule has 0 aromatic heterocycles. The van der Waals surface area contributed by atoms with E-state index >= 15 is 0 Å². The van der Waals surface area contributed by atoms with E-state index in [-0.39, 0.29) is 5.78 Å². The van der Waals surface area contributed by atoms with Crippen LogP contribution in [0.3, 0.4) is 0 Å². The smallest absolute Gasteiger partial charge is 0.339 e. The topological polar surface area (TPSA) is 43.4 Å². The summed E-state index contributed by atoms with van der Waals surface area (Å²) in [7, 11) is 0. The van der Waals surface area contributed by atoms with Gasteiger partial charge >= 0.3 is 5.97 Å². The van der Waals surface area contributed by atoms with Crippen LogP contribution in [0.15, 0.2) is 24.3 Å². The van der Waals surface area contributed by atoms with Gasteiger partial charge in [0, 0.05) is 5.56 Å². The van der Waals surface area contributed by atoms with Crippen LogP contribution in [-0.4, -0.2) is 17.9 Å². The quantitative estimate of drug-likeness (QED) is 0.441. The number of ether oxygens (including phenoxy) is 1. The lowest BCUT2D eigenvalue weighted by Crippen LogP contribution is -2.13. The van der Waals surface area contributed by atoms with Crippen LogP contribution in [0, 0.1) is 12.3 Å². The summed E-state index contributed by atoms with van der Waals surface area (Å²) < 4.78 is 4.93. The number of carbonyl (C=O) groups is 2. The van der Waals surface area contributed by atoms with Crippen LogP contribution in [-0.2, 0) is 4.74 Å². The van der Waals surface area contributed by atoms with Crippen LogP contribution in [0.5, 0.6) is 0 Å². The molecule has 0 spiro atoms. The highest BCUT2D eigenvalue weighted by Crippen LogP contribution is 2.07. The van der Waals surface area contributed by atoms with E-state index < -0.39 is 12.1 Å². The molecule has 0 saturated carbocycles. The van der Waals surface area contributed by atoms with Crippen molar-refractivity contribution in [3.8, 4) is 12.3 Å². The molecule has 1 atom stereocenters. The summed E-state index contributed by atoms with van der Waals surface area (Å²) in [6.45, 7) is 3.08. The molecule has 0 aliphatic rings. The van der Waals surface area contributed by atoms with Crippen molar-refractivity contribution in [1.82, 2.24) is 0 Å². The zero-order valence-electron chi connectivity index (χ0n) is 9.19. The Bertz CT molecular complexity index is 437. The summed E-state index contributed by atoms with van der Waals surface area (Å²) in [6, 6.07) is 6.25. The first-order valence-electron chi connectivity index (χ1n) is 4.82. The minimum absolute atomic E-state index is 0.0445. The summed E-state index contributed by atoms with van der Waals surface area (Å²) in [5.41, 5.74) is 0.939. The second-order valence-electron chi connectivity index (χ2n) is 3.35. The molecule has 0 unspecified atom stereocenters. The number of ketones is 1. The van der Waals surface area contributed by atoms with Gasteiger partial charge in [-0.1, -0.05) is 18.1 Å². The van der Waals surface area contributed by atoms with Gasteiger partial charge < -0.3 is 4.74 Å². The van der Waals surface area contributed by atoms with E-state index in [0.29, 0.717) is 11.1 Å². The van der Waals surface area contributed by atoms with Crippen molar-refractivity contribution in [1.29, 1.82) is 0 Å². The molecular formula is C13H12O3. The standard InChI is InChI=1S/C13H12O3/c1-4-9(2)16-13(15)12-7-5-11(6-8-12)10(3)14/h1,5-9H,2-3H3/t9-/m1/s1. The lowest BCUT2D eigenvalue weighted by atomic mass is 10.1. The van der Waals surface area contributed by atoms with Gasteiger partial charge in [-0.2, -0.15) is 0 Å². The average molecular weight is 216 g/mol. The Kier molecular flexibility index (Phi) is 3.84. The molecule has 0 saturated heterocycles. The number of hydrogen-bond acceptors (Lipinski definition) is 3. The van der Waals surface area contributed by atoms with E-state index in [0.717, 1.165) is 0 Å². The molecule has 0 N–H and O–H groups in total. The van der Waals surface area contributed by atoms with Crippen LogP contribution < -0.4 is 0 Å². The SMILES string of the molecule is C#C[C@@H](C)OC(=O)c1ccc(C(C)=O)cc1. The average Bonchev–Trinajstić information content (AvgIpc) is 2.28. The van der Waals surface area contributed by atoms with E-state index in [1.54, 1.807) is 31.2 Å². The van der Waals surface area contributed by atoms with Crippen molar-refractivity contribution in [2.75, 3.05) is 0 Å². The van der Waals surface area contributed by atoms with Gasteiger partial charge in [0.25, 0.3) is 0 Å². The zero-order valence-corrected chi connectivity index (χ0v) is 9.19. The van der Waals surface area contributed by atoms with Crippen molar-refractivity contribution >= 4 is 11.8 Å². The molecule has 0 aliphatic carbocycles. The fourth-order valence-corrected chi connectivity index (χ4v) is 1.10. The lowest BCUT2D eigenvalue weighted by molar-refractivity contribution is 0.0438. The molecule has 82 valence electrons. The Balaban J connectivity index is 2.79. The van der Waals surface area contributed by atoms with Crippen LogP contribution >= 0.6 is 0 Å². The van der Waals surface area contributed by atoms with Gasteiger partial charge in [0.15, 0.2) is 11.9 Å². The third kappa shape index (κ3) is 2.96. The Labute approximate surface area is 94.4 Å². The van der Waals surface area contributed by atoms with Crippen molar-refractivity contribution in [2.24, 2.45) is 0 Å². The minimum Gasteiger partial charge on any atom is -0.446 e. The predicted molar refractivity (Wildman–Crippen MR) is 60.2 cm³/mol. The van der Waals surface area contributed by atoms with Gasteiger partial charge in [-0.15, -0.1) is 6.42 Å². The van der Waals surface area contributed by atoms with Crippen LogP contribution in [0.1, 0.15) is 34.6 Å². The van der Waals surface area contributed by atoms with E-state index in [1.165, 1.54) is 6.92 Å². The maximum atomic E-state index is 11.5. The highest BCUT2D eigenvalue weighted by molar-refractivity contribution is 5.96. The van der Waals surface area contributed by atoms with E-state index in [2.05, 4.69) is 5.92 Å². The van der Waals surface area contributed by atoms with Gasteiger partial charge in [0.2, 0.25) is 0 Å². The second kappa shape index (κ2) is 5.13. The van der Waals surface area contributed by atoms with Crippen molar-refractivity contribution < 1.29 is 14.3 Å². The molecule has 0 heterocycles. The zero-order chi connectivity index (χ0) is 12.1. The molecule has 0 bridgehead atoms. The molecular weight excluding hydrogens is 204 g/mol. The van der Waals surface area contributed by atoms with Crippen LogP contribution in [0.25, 0.3) is 0 Å². The molecule has 16 heavy (non-hydrogen) atoms. The Morgan fingerprint density at radius 2 is 1.75 bits per heavy atom. The minimum atomic E-state index is -0.556. The largest absolute Gasteiger partial charge is 0.446 e. The maximum Gasteiger partial charge on any atom is 0.339 e. The molecule has 1 aromatic rings. The second-order valence-corrected chi connectivity index (χ2v) is 3.35. The predicted octanol–water partition coefficient (Wildman–Crippen LogP) is 2.07. The van der Waals surface area contributed by atoms with Gasteiger partial charge in [-0.3, -0.25) is 4.79 Å². The highest BCUT2D eigenvalue weighted by Gasteiger charge is 2.10. The summed E-state index contributed by atoms with van der Waals surface area (Å²) in [4.78, 5) is 22.5. The van der Waals surface area contributed by atoms with E-state index in [1.807, 2.05) is 0 Å². The van der Waals surface area contributed by atoms with Crippen molar-refractivity contribution in [3.63, 3.8) is 0 Å². The number of benzene rings is 1. The Morgan fingerprint density at radius 3 is 2.19 bits per heavy atom. The normalized spacial score (nSPS) is 11.3. The van der Waals surface area contributed by atoms with Gasteiger partial charge in [0.1, 0.15) is 0 Å². The maximum absolute atomic E-state index is 11.5. The summed E-state index contributed by atoms with van der Waals surface area (Å²) >= 11 is 0. The molecule has 0 aliphatic heterocycles. The first-order chi connectivity index (χ1) is 7.54. The molecule has 1 rings (SSSR count). The molecule has 0 amide bonds. The van der Waals surface area contributed by atoms with Gasteiger partial charge in [-0.25, -0.2) is 4.79 Å². The number of carbonyl (C=O) groups excluding carboxylic acids is 2. The van der Waals surface area contributed by atoms with Crippen LogP contribution in [0.2, 0.25) is 0 Å². The Morgan fingerprint density at radius 1 is 1.25 bits per heavy atom. The third-order valence-corrected chi connectivity index (χ3v) is 2.05. The molecule has 3 heteroatoms. The van der Waals surface area contributed by atoms with Crippen LogP contribution in [0.4, 0.5) is 0 Å². The first-order valence-corrected chi connectivity index (χ1v) is 4.82. The highest BCUT2D eigenvalue weighted by atomic mass is 16.5. The van der Waals surface area contributed by atoms with Gasteiger partial charge in [-0.05, 0) is 26.0 Å². The molecule has 0 radical (unpaired) electrons.